The highest BCUT2D eigenvalue weighted by atomic mass is 32.2. The minimum Gasteiger partial charge on any atom is -0.495 e. The fourth-order valence-electron chi connectivity index (χ4n) is 2.47. The Morgan fingerprint density at radius 1 is 1.31 bits per heavy atom. The lowest BCUT2D eigenvalue weighted by Crippen LogP contribution is -2.56. The fourth-order valence-corrected chi connectivity index (χ4v) is 4.14. The molecule has 8 nitrogen and oxygen atoms in total. The number of halogens is 1. The number of carbonyl (C=O) groups is 1. The zero-order valence-electron chi connectivity index (χ0n) is 13.8. The van der Waals surface area contributed by atoms with Gasteiger partial charge < -0.3 is 15.2 Å². The first kappa shape index (κ1) is 18.1. The Kier molecular flexibility index (Phi) is 4.79. The van der Waals surface area contributed by atoms with Crippen molar-refractivity contribution in [3.05, 3.63) is 48.0 Å². The van der Waals surface area contributed by atoms with Gasteiger partial charge in [0.1, 0.15) is 34.0 Å². The van der Waals surface area contributed by atoms with E-state index in [1.54, 1.807) is 6.07 Å². The van der Waals surface area contributed by atoms with E-state index in [1.165, 1.54) is 25.4 Å². The molecule has 1 aliphatic rings. The summed E-state index contributed by atoms with van der Waals surface area (Å²) in [5, 5.41) is 0. The average Bonchev–Trinajstić information content (AvgIpc) is 2.57. The molecule has 1 amide bonds. The maximum atomic E-state index is 13.5. The van der Waals surface area contributed by atoms with Crippen molar-refractivity contribution in [3.8, 4) is 11.5 Å². The highest BCUT2D eigenvalue weighted by Gasteiger charge is 2.39. The molecule has 1 fully saturated rings. The highest BCUT2D eigenvalue weighted by molar-refractivity contribution is 7.89. The molecular weight excluding hydrogens is 365 g/mol. The number of benzene rings is 1. The molecule has 2 N–H and O–H groups in total. The van der Waals surface area contributed by atoms with Gasteiger partial charge in [0, 0.05) is 12.3 Å². The average molecular weight is 381 g/mol. The molecule has 3 rings (SSSR count). The van der Waals surface area contributed by atoms with Crippen LogP contribution in [-0.2, 0) is 10.0 Å². The van der Waals surface area contributed by atoms with Crippen LogP contribution in [0.3, 0.4) is 0 Å². The molecule has 0 atom stereocenters. The predicted octanol–water partition coefficient (Wildman–Crippen LogP) is 0.780. The van der Waals surface area contributed by atoms with Crippen LogP contribution in [0.4, 0.5) is 4.39 Å². The molecule has 1 saturated heterocycles. The van der Waals surface area contributed by atoms with Crippen LogP contribution in [0, 0.1) is 5.82 Å². The normalized spacial score (nSPS) is 15.3. The van der Waals surface area contributed by atoms with Gasteiger partial charge in [-0.3, -0.25) is 9.78 Å². The number of rotatable bonds is 6. The standard InChI is InChI=1S/C16H16FN3O5S/c1-24-14-3-2-10(17)6-15(14)26(22,23)20-8-12(9-20)25-11-4-5-19-13(7-11)16(18)21/h2-7,12H,8-9H2,1H3,(H2,18,21). The Labute approximate surface area is 149 Å². The smallest absolute Gasteiger partial charge is 0.267 e. The molecule has 0 radical (unpaired) electrons. The summed E-state index contributed by atoms with van der Waals surface area (Å²) in [7, 11) is -2.60. The third-order valence-electron chi connectivity index (χ3n) is 3.84. The van der Waals surface area contributed by atoms with E-state index in [2.05, 4.69) is 4.98 Å². The number of methoxy groups -OCH3 is 1. The summed E-state index contributed by atoms with van der Waals surface area (Å²) in [6.45, 7) is 0.159. The van der Waals surface area contributed by atoms with Gasteiger partial charge in [-0.05, 0) is 24.3 Å². The van der Waals surface area contributed by atoms with Crippen molar-refractivity contribution in [3.63, 3.8) is 0 Å². The topological polar surface area (TPSA) is 112 Å². The summed E-state index contributed by atoms with van der Waals surface area (Å²) in [6, 6.07) is 6.23. The van der Waals surface area contributed by atoms with Gasteiger partial charge in [-0.15, -0.1) is 0 Å². The number of aromatic nitrogens is 1. The molecule has 0 saturated carbocycles. The molecule has 10 heteroatoms. The van der Waals surface area contributed by atoms with Gasteiger partial charge >= 0.3 is 0 Å². The molecule has 0 spiro atoms. The van der Waals surface area contributed by atoms with Gasteiger partial charge in [0.25, 0.3) is 5.91 Å². The maximum Gasteiger partial charge on any atom is 0.267 e. The van der Waals surface area contributed by atoms with Crippen molar-refractivity contribution < 1.29 is 27.1 Å². The molecule has 1 aromatic carbocycles. The number of hydrogen-bond donors (Lipinski definition) is 1. The number of primary amides is 1. The van der Waals surface area contributed by atoms with Crippen molar-refractivity contribution in [2.45, 2.75) is 11.0 Å². The van der Waals surface area contributed by atoms with E-state index in [0.29, 0.717) is 5.75 Å². The van der Waals surface area contributed by atoms with E-state index in [1.807, 2.05) is 0 Å². The lowest BCUT2D eigenvalue weighted by atomic mass is 10.2. The summed E-state index contributed by atoms with van der Waals surface area (Å²) in [5.74, 6) is -0.935. The first-order valence-electron chi connectivity index (χ1n) is 7.57. The molecule has 0 bridgehead atoms. The van der Waals surface area contributed by atoms with Crippen LogP contribution >= 0.6 is 0 Å². The molecule has 1 aliphatic heterocycles. The van der Waals surface area contributed by atoms with Crippen LogP contribution in [0.25, 0.3) is 0 Å². The van der Waals surface area contributed by atoms with Crippen LogP contribution in [0.2, 0.25) is 0 Å². The summed E-state index contributed by atoms with van der Waals surface area (Å²) < 4.78 is 50.5. The molecule has 0 unspecified atom stereocenters. The van der Waals surface area contributed by atoms with Gasteiger partial charge in [-0.25, -0.2) is 12.8 Å². The van der Waals surface area contributed by atoms with E-state index < -0.39 is 27.9 Å². The molecule has 138 valence electrons. The Hall–Kier alpha value is -2.72. The quantitative estimate of drug-likeness (QED) is 0.791. The summed E-state index contributed by atoms with van der Waals surface area (Å²) in [6.07, 6.45) is 0.965. The van der Waals surface area contributed by atoms with Crippen molar-refractivity contribution in [2.75, 3.05) is 20.2 Å². The van der Waals surface area contributed by atoms with Gasteiger partial charge in [0.15, 0.2) is 0 Å². The number of carbonyl (C=O) groups excluding carboxylic acids is 1. The zero-order chi connectivity index (χ0) is 18.9. The number of sulfonamides is 1. The third kappa shape index (κ3) is 3.46. The van der Waals surface area contributed by atoms with Gasteiger partial charge in [-0.2, -0.15) is 4.31 Å². The minimum absolute atomic E-state index is 0.0517. The molecule has 2 aromatic rings. The number of nitrogens with zero attached hydrogens (tertiary/aromatic N) is 2. The van der Waals surface area contributed by atoms with Crippen LogP contribution in [0.15, 0.2) is 41.4 Å². The lowest BCUT2D eigenvalue weighted by molar-refractivity contribution is 0.0757. The summed E-state index contributed by atoms with van der Waals surface area (Å²) in [5.41, 5.74) is 5.21. The van der Waals surface area contributed by atoms with Crippen molar-refractivity contribution in [2.24, 2.45) is 5.73 Å². The fraction of sp³-hybridized carbons (Fsp3) is 0.250. The van der Waals surface area contributed by atoms with Crippen LogP contribution in [0.1, 0.15) is 10.5 Å². The number of nitrogens with two attached hydrogens (primary N) is 1. The van der Waals surface area contributed by atoms with Gasteiger partial charge in [-0.1, -0.05) is 0 Å². The largest absolute Gasteiger partial charge is 0.495 e. The first-order chi connectivity index (χ1) is 12.3. The molecule has 26 heavy (non-hydrogen) atoms. The van der Waals surface area contributed by atoms with Crippen molar-refractivity contribution in [1.82, 2.24) is 9.29 Å². The molecule has 2 heterocycles. The zero-order valence-corrected chi connectivity index (χ0v) is 14.6. The molecular formula is C16H16FN3O5S. The van der Waals surface area contributed by atoms with E-state index >= 15 is 0 Å². The van der Waals surface area contributed by atoms with Crippen molar-refractivity contribution in [1.29, 1.82) is 0 Å². The third-order valence-corrected chi connectivity index (χ3v) is 5.70. The summed E-state index contributed by atoms with van der Waals surface area (Å²) in [4.78, 5) is 14.7. The number of hydrogen-bond acceptors (Lipinski definition) is 6. The Morgan fingerprint density at radius 3 is 2.69 bits per heavy atom. The van der Waals surface area contributed by atoms with E-state index in [4.69, 9.17) is 15.2 Å². The molecule has 0 aliphatic carbocycles. The number of ether oxygens (including phenoxy) is 2. The monoisotopic (exact) mass is 381 g/mol. The van der Waals surface area contributed by atoms with Gasteiger partial charge in [0.2, 0.25) is 10.0 Å². The minimum atomic E-state index is -3.91. The molecule has 1 aromatic heterocycles. The predicted molar refractivity (Wildman–Crippen MR) is 88.9 cm³/mol. The highest BCUT2D eigenvalue weighted by Crippen LogP contribution is 2.31. The van der Waals surface area contributed by atoms with Crippen LogP contribution < -0.4 is 15.2 Å². The van der Waals surface area contributed by atoms with Gasteiger partial charge in [0.05, 0.1) is 20.2 Å². The van der Waals surface area contributed by atoms with Crippen LogP contribution in [0.5, 0.6) is 11.5 Å². The number of amides is 1. The van der Waals surface area contributed by atoms with Crippen LogP contribution in [-0.4, -0.2) is 49.9 Å². The van der Waals surface area contributed by atoms with E-state index in [9.17, 15) is 17.6 Å². The second-order valence-electron chi connectivity index (χ2n) is 5.60. The Balaban J connectivity index is 1.70. The first-order valence-corrected chi connectivity index (χ1v) is 9.01. The van der Waals surface area contributed by atoms with E-state index in [0.717, 1.165) is 16.4 Å². The number of pyridine rings is 1. The summed E-state index contributed by atoms with van der Waals surface area (Å²) >= 11 is 0. The Bertz CT molecular complexity index is 945. The second kappa shape index (κ2) is 6.89. The van der Waals surface area contributed by atoms with E-state index in [-0.39, 0.29) is 29.4 Å². The maximum absolute atomic E-state index is 13.5. The second-order valence-corrected chi connectivity index (χ2v) is 7.50. The SMILES string of the molecule is COc1ccc(F)cc1S(=O)(=O)N1CC(Oc2ccnc(C(N)=O)c2)C1. The Morgan fingerprint density at radius 2 is 2.04 bits per heavy atom. The van der Waals surface area contributed by atoms with Crippen molar-refractivity contribution >= 4 is 15.9 Å². The lowest BCUT2D eigenvalue weighted by Gasteiger charge is -2.37.